The van der Waals surface area contributed by atoms with Gasteiger partial charge in [-0.1, -0.05) is 49.6 Å². The van der Waals surface area contributed by atoms with Crippen LogP contribution in [0, 0.1) is 0 Å². The van der Waals surface area contributed by atoms with Crippen LogP contribution >= 0.6 is 0 Å². The minimum atomic E-state index is -0.551. The molecular weight excluding hydrogens is 560 g/mol. The van der Waals surface area contributed by atoms with E-state index in [4.69, 9.17) is 9.47 Å². The molecule has 10 nitrogen and oxygen atoms in total. The van der Waals surface area contributed by atoms with Crippen molar-refractivity contribution in [2.75, 3.05) is 20.8 Å². The van der Waals surface area contributed by atoms with Crippen LogP contribution in [0.5, 0.6) is 11.5 Å². The highest BCUT2D eigenvalue weighted by Crippen LogP contribution is 2.27. The molecule has 44 heavy (non-hydrogen) atoms. The number of rotatable bonds is 11. The average molecular weight is 599 g/mol. The number of fused-ring (bicyclic) bond motifs is 1. The zero-order valence-electron chi connectivity index (χ0n) is 25.1. The number of benzene rings is 3. The van der Waals surface area contributed by atoms with Crippen LogP contribution in [-0.4, -0.2) is 47.8 Å². The minimum absolute atomic E-state index is 0.00788. The summed E-state index contributed by atoms with van der Waals surface area (Å²) in [4.78, 5) is 52.7. The first-order valence-electron chi connectivity index (χ1n) is 15.0. The number of amides is 2. The van der Waals surface area contributed by atoms with E-state index in [0.717, 1.165) is 35.8 Å². The Bertz CT molecular complexity index is 1750. The van der Waals surface area contributed by atoms with Crippen LogP contribution in [0.15, 0.2) is 76.3 Å². The molecule has 0 spiro atoms. The van der Waals surface area contributed by atoms with Crippen molar-refractivity contribution < 1.29 is 19.1 Å². The first kappa shape index (κ1) is 30.6. The highest BCUT2D eigenvalue weighted by Gasteiger charge is 2.19. The number of carbonyl (C=O) groups is 2. The Morgan fingerprint density at radius 1 is 0.841 bits per heavy atom. The summed E-state index contributed by atoms with van der Waals surface area (Å²) in [5, 5.41) is 6.34. The number of hydrogen-bond acceptors (Lipinski definition) is 6. The van der Waals surface area contributed by atoms with Crippen LogP contribution in [-0.2, 0) is 24.3 Å². The summed E-state index contributed by atoms with van der Waals surface area (Å²) >= 11 is 0. The first-order valence-corrected chi connectivity index (χ1v) is 15.0. The van der Waals surface area contributed by atoms with Crippen molar-refractivity contribution in [3.8, 4) is 11.5 Å². The van der Waals surface area contributed by atoms with Crippen LogP contribution in [0.25, 0.3) is 10.9 Å². The van der Waals surface area contributed by atoms with Gasteiger partial charge in [0.15, 0.2) is 11.5 Å². The fraction of sp³-hybridized carbons (Fsp3) is 0.353. The zero-order chi connectivity index (χ0) is 31.1. The second-order valence-electron chi connectivity index (χ2n) is 11.1. The summed E-state index contributed by atoms with van der Waals surface area (Å²) in [7, 11) is 3.16. The Balaban J connectivity index is 1.27. The van der Waals surface area contributed by atoms with E-state index in [2.05, 4.69) is 10.6 Å². The molecule has 1 aliphatic rings. The van der Waals surface area contributed by atoms with Crippen molar-refractivity contribution in [1.82, 2.24) is 19.8 Å². The lowest BCUT2D eigenvalue weighted by atomic mass is 9.95. The first-order chi connectivity index (χ1) is 21.4. The van der Waals surface area contributed by atoms with Crippen molar-refractivity contribution in [3.05, 3.63) is 104 Å². The molecule has 1 aliphatic carbocycles. The highest BCUT2D eigenvalue weighted by molar-refractivity contribution is 5.94. The van der Waals surface area contributed by atoms with E-state index in [0.29, 0.717) is 46.5 Å². The lowest BCUT2D eigenvalue weighted by Gasteiger charge is -2.23. The fourth-order valence-electron chi connectivity index (χ4n) is 5.73. The normalized spacial score (nSPS) is 13.4. The van der Waals surface area contributed by atoms with Gasteiger partial charge in [0.1, 0.15) is 6.54 Å². The van der Waals surface area contributed by atoms with Gasteiger partial charge in [-0.15, -0.1) is 0 Å². The monoisotopic (exact) mass is 598 g/mol. The SMILES string of the molecule is COc1ccc(CCNC(=O)c2ccc(Cn3c(=O)c4ccccc4n(CC(=O)NC4CCCCC4)c3=O)cc2)cc1OC. The van der Waals surface area contributed by atoms with Gasteiger partial charge in [-0.05, 0) is 66.8 Å². The molecule has 2 amide bonds. The Hall–Kier alpha value is -4.86. The van der Waals surface area contributed by atoms with Crippen LogP contribution < -0.4 is 31.4 Å². The third kappa shape index (κ3) is 7.02. The van der Waals surface area contributed by atoms with Gasteiger partial charge in [-0.25, -0.2) is 4.79 Å². The van der Waals surface area contributed by atoms with Gasteiger partial charge in [0.25, 0.3) is 11.5 Å². The molecule has 0 unspecified atom stereocenters. The molecule has 10 heteroatoms. The maximum Gasteiger partial charge on any atom is 0.332 e. The van der Waals surface area contributed by atoms with Gasteiger partial charge in [-0.2, -0.15) is 0 Å². The maximum absolute atomic E-state index is 13.6. The molecule has 1 saturated carbocycles. The standard InChI is InChI=1S/C34H38N4O6/c1-43-29-17-14-23(20-30(29)44-2)18-19-35-32(40)25-15-12-24(13-16-25)21-38-33(41)27-10-6-7-11-28(27)37(34(38)42)22-31(39)36-26-8-4-3-5-9-26/h6-7,10-17,20,26H,3-5,8-9,18-19,21-22H2,1-2H3,(H,35,40)(H,36,39). The van der Waals surface area contributed by atoms with E-state index < -0.39 is 11.2 Å². The van der Waals surface area contributed by atoms with E-state index >= 15 is 0 Å². The number of aromatic nitrogens is 2. The third-order valence-corrected chi connectivity index (χ3v) is 8.11. The second kappa shape index (κ2) is 14.1. The number of nitrogens with zero attached hydrogens (tertiary/aromatic N) is 2. The number of ether oxygens (including phenoxy) is 2. The molecule has 0 bridgehead atoms. The van der Waals surface area contributed by atoms with Crippen molar-refractivity contribution in [2.24, 2.45) is 0 Å². The van der Waals surface area contributed by atoms with Crippen molar-refractivity contribution in [2.45, 2.75) is 57.7 Å². The largest absolute Gasteiger partial charge is 0.493 e. The van der Waals surface area contributed by atoms with Gasteiger partial charge < -0.3 is 20.1 Å². The molecule has 4 aromatic rings. The lowest BCUT2D eigenvalue weighted by Crippen LogP contribution is -2.44. The predicted octanol–water partition coefficient (Wildman–Crippen LogP) is 3.65. The van der Waals surface area contributed by atoms with Crippen molar-refractivity contribution in [1.29, 1.82) is 0 Å². The van der Waals surface area contributed by atoms with Crippen LogP contribution in [0.4, 0.5) is 0 Å². The molecule has 230 valence electrons. The smallest absolute Gasteiger partial charge is 0.332 e. The molecular formula is C34H38N4O6. The summed E-state index contributed by atoms with van der Waals surface area (Å²) < 4.78 is 13.1. The van der Waals surface area contributed by atoms with Gasteiger partial charge in [-0.3, -0.25) is 23.5 Å². The predicted molar refractivity (Wildman–Crippen MR) is 169 cm³/mol. The minimum Gasteiger partial charge on any atom is -0.493 e. The molecule has 0 saturated heterocycles. The van der Waals surface area contributed by atoms with Gasteiger partial charge >= 0.3 is 5.69 Å². The quantitative estimate of drug-likeness (QED) is 0.272. The summed E-state index contributed by atoms with van der Waals surface area (Å²) in [6, 6.07) is 19.4. The Labute approximate surface area is 255 Å². The van der Waals surface area contributed by atoms with E-state index in [1.165, 1.54) is 11.0 Å². The van der Waals surface area contributed by atoms with Crippen LogP contribution in [0.1, 0.15) is 53.6 Å². The average Bonchev–Trinajstić information content (AvgIpc) is 3.05. The number of para-hydroxylation sites is 1. The fourth-order valence-corrected chi connectivity index (χ4v) is 5.73. The highest BCUT2D eigenvalue weighted by atomic mass is 16.5. The van der Waals surface area contributed by atoms with E-state index in [9.17, 15) is 19.2 Å². The molecule has 2 N–H and O–H groups in total. The van der Waals surface area contributed by atoms with E-state index in [1.807, 2.05) is 18.2 Å². The zero-order valence-corrected chi connectivity index (χ0v) is 25.1. The Morgan fingerprint density at radius 3 is 2.27 bits per heavy atom. The second-order valence-corrected chi connectivity index (χ2v) is 11.1. The Kier molecular flexibility index (Phi) is 9.79. The number of carbonyl (C=O) groups excluding carboxylic acids is 2. The van der Waals surface area contributed by atoms with Crippen molar-refractivity contribution >= 4 is 22.7 Å². The summed E-state index contributed by atoms with van der Waals surface area (Å²) in [5.41, 5.74) is 1.59. The summed E-state index contributed by atoms with van der Waals surface area (Å²) in [6.07, 6.45) is 5.82. The number of nitrogens with one attached hydrogen (secondary N) is 2. The molecule has 3 aromatic carbocycles. The molecule has 1 heterocycles. The van der Waals surface area contributed by atoms with Crippen LogP contribution in [0.2, 0.25) is 0 Å². The maximum atomic E-state index is 13.6. The van der Waals surface area contributed by atoms with E-state index in [1.54, 1.807) is 62.8 Å². The molecule has 0 aliphatic heterocycles. The van der Waals surface area contributed by atoms with Gasteiger partial charge in [0, 0.05) is 18.2 Å². The summed E-state index contributed by atoms with van der Waals surface area (Å²) in [6.45, 7) is 0.267. The number of methoxy groups -OCH3 is 2. The third-order valence-electron chi connectivity index (χ3n) is 8.11. The molecule has 0 atom stereocenters. The lowest BCUT2D eigenvalue weighted by molar-refractivity contribution is -0.122. The summed E-state index contributed by atoms with van der Waals surface area (Å²) in [5.74, 6) is 0.805. The topological polar surface area (TPSA) is 121 Å². The molecule has 5 rings (SSSR count). The van der Waals surface area contributed by atoms with Gasteiger partial charge in [0.05, 0.1) is 31.7 Å². The van der Waals surface area contributed by atoms with Gasteiger partial charge in [0.2, 0.25) is 5.91 Å². The molecule has 1 aromatic heterocycles. The van der Waals surface area contributed by atoms with Crippen molar-refractivity contribution in [3.63, 3.8) is 0 Å². The molecule has 1 fully saturated rings. The molecule has 0 radical (unpaired) electrons. The Morgan fingerprint density at radius 2 is 1.55 bits per heavy atom. The van der Waals surface area contributed by atoms with Crippen LogP contribution in [0.3, 0.4) is 0 Å². The van der Waals surface area contributed by atoms with E-state index in [-0.39, 0.29) is 30.9 Å². The number of hydrogen-bond donors (Lipinski definition) is 2.